The minimum Gasteiger partial charge on any atom is -0.368 e. The molecule has 1 aliphatic heterocycles. The second kappa shape index (κ2) is 8.28. The van der Waals surface area contributed by atoms with Crippen LogP contribution >= 0.6 is 23.2 Å². The molecule has 6 heteroatoms. The van der Waals surface area contributed by atoms with Crippen molar-refractivity contribution in [2.24, 2.45) is 0 Å². The summed E-state index contributed by atoms with van der Waals surface area (Å²) in [6, 6.07) is 15.2. The van der Waals surface area contributed by atoms with Gasteiger partial charge in [-0.05, 0) is 35.9 Å². The van der Waals surface area contributed by atoms with E-state index in [0.29, 0.717) is 18.1 Å². The van der Waals surface area contributed by atoms with Crippen LogP contribution in [0.15, 0.2) is 54.7 Å². The van der Waals surface area contributed by atoms with Gasteiger partial charge in [-0.2, -0.15) is 0 Å². The normalized spacial score (nSPS) is 14.8. The number of hydrogen-bond donors (Lipinski definition) is 1. The average Bonchev–Trinajstić information content (AvgIpc) is 2.63. The van der Waals surface area contributed by atoms with E-state index in [4.69, 9.17) is 23.2 Å². The Morgan fingerprint density at radius 3 is 2.48 bits per heavy atom. The van der Waals surface area contributed by atoms with E-state index in [9.17, 15) is 4.79 Å². The van der Waals surface area contributed by atoms with Crippen LogP contribution in [0, 0.1) is 0 Å². The summed E-state index contributed by atoms with van der Waals surface area (Å²) in [4.78, 5) is 16.3. The summed E-state index contributed by atoms with van der Waals surface area (Å²) in [7, 11) is 0. The number of benzene rings is 2. The SMILES string of the molecule is O=C(N/C=C/c1ccccc1Cl)N1CCN(c2cccc(Cl)c2)CC1. The number of carbonyl (C=O) groups excluding carboxylic acids is 1. The Labute approximate surface area is 157 Å². The van der Waals surface area contributed by atoms with E-state index < -0.39 is 0 Å². The molecule has 25 heavy (non-hydrogen) atoms. The first-order chi connectivity index (χ1) is 12.1. The molecular weight excluding hydrogens is 357 g/mol. The maximum absolute atomic E-state index is 12.3. The summed E-state index contributed by atoms with van der Waals surface area (Å²) in [6.07, 6.45) is 3.43. The molecule has 2 aromatic carbocycles. The minimum absolute atomic E-state index is 0.103. The molecule has 130 valence electrons. The van der Waals surface area contributed by atoms with Crippen molar-refractivity contribution in [2.75, 3.05) is 31.1 Å². The Hall–Kier alpha value is -2.17. The zero-order valence-corrected chi connectivity index (χ0v) is 15.2. The topological polar surface area (TPSA) is 35.6 Å². The first-order valence-electron chi connectivity index (χ1n) is 8.10. The highest BCUT2D eigenvalue weighted by atomic mass is 35.5. The number of urea groups is 1. The van der Waals surface area contributed by atoms with Crippen LogP contribution in [0.3, 0.4) is 0 Å². The molecule has 0 unspecified atom stereocenters. The standard InChI is InChI=1S/C19H19Cl2N3O/c20-16-5-3-6-17(14-16)23-10-12-24(13-11-23)19(25)22-9-8-15-4-1-2-7-18(15)21/h1-9,14H,10-13H2,(H,22,25)/b9-8+. The third-order valence-electron chi connectivity index (χ3n) is 4.12. The van der Waals surface area contributed by atoms with E-state index in [1.165, 1.54) is 0 Å². The van der Waals surface area contributed by atoms with Gasteiger partial charge in [0.1, 0.15) is 0 Å². The van der Waals surface area contributed by atoms with Gasteiger partial charge in [0, 0.05) is 48.1 Å². The lowest BCUT2D eigenvalue weighted by atomic mass is 10.2. The van der Waals surface area contributed by atoms with E-state index >= 15 is 0 Å². The second-order valence-corrected chi connectivity index (χ2v) is 6.60. The zero-order valence-electron chi connectivity index (χ0n) is 13.7. The summed E-state index contributed by atoms with van der Waals surface area (Å²) in [5.74, 6) is 0. The monoisotopic (exact) mass is 375 g/mol. The number of hydrogen-bond acceptors (Lipinski definition) is 2. The Kier molecular flexibility index (Phi) is 5.84. The summed E-state index contributed by atoms with van der Waals surface area (Å²) < 4.78 is 0. The van der Waals surface area contributed by atoms with Gasteiger partial charge >= 0.3 is 6.03 Å². The van der Waals surface area contributed by atoms with Crippen LogP contribution in [-0.4, -0.2) is 37.1 Å². The van der Waals surface area contributed by atoms with Crippen LogP contribution in [0.2, 0.25) is 10.0 Å². The van der Waals surface area contributed by atoms with Gasteiger partial charge in [-0.15, -0.1) is 0 Å². The number of anilines is 1. The largest absolute Gasteiger partial charge is 0.368 e. The van der Waals surface area contributed by atoms with Gasteiger partial charge < -0.3 is 15.1 Å². The summed E-state index contributed by atoms with van der Waals surface area (Å²) >= 11 is 12.1. The van der Waals surface area contributed by atoms with Crippen LogP contribution in [0.4, 0.5) is 10.5 Å². The van der Waals surface area contributed by atoms with Crippen LogP contribution in [-0.2, 0) is 0 Å². The third kappa shape index (κ3) is 4.68. The van der Waals surface area contributed by atoms with Crippen molar-refractivity contribution in [1.29, 1.82) is 0 Å². The number of nitrogens with zero attached hydrogens (tertiary/aromatic N) is 2. The van der Waals surface area contributed by atoms with Crippen molar-refractivity contribution < 1.29 is 4.79 Å². The van der Waals surface area contributed by atoms with Crippen LogP contribution < -0.4 is 10.2 Å². The Morgan fingerprint density at radius 2 is 1.76 bits per heavy atom. The van der Waals surface area contributed by atoms with Gasteiger partial charge in [-0.1, -0.05) is 47.5 Å². The molecule has 2 aromatic rings. The van der Waals surface area contributed by atoms with E-state index in [-0.39, 0.29) is 6.03 Å². The first kappa shape index (κ1) is 17.6. The predicted octanol–water partition coefficient (Wildman–Crippen LogP) is 4.50. The smallest absolute Gasteiger partial charge is 0.321 e. The highest BCUT2D eigenvalue weighted by Crippen LogP contribution is 2.21. The zero-order chi connectivity index (χ0) is 17.6. The van der Waals surface area contributed by atoms with Gasteiger partial charge in [-0.3, -0.25) is 0 Å². The number of piperazine rings is 1. The molecule has 3 rings (SSSR count). The molecule has 4 nitrogen and oxygen atoms in total. The fourth-order valence-corrected chi connectivity index (χ4v) is 3.13. The number of nitrogens with one attached hydrogen (secondary N) is 1. The van der Waals surface area contributed by atoms with Crippen molar-refractivity contribution in [3.05, 3.63) is 70.3 Å². The molecule has 1 saturated heterocycles. The molecule has 0 spiro atoms. The van der Waals surface area contributed by atoms with E-state index in [0.717, 1.165) is 29.4 Å². The fourth-order valence-electron chi connectivity index (χ4n) is 2.74. The number of halogens is 2. The lowest BCUT2D eigenvalue weighted by Crippen LogP contribution is -2.51. The maximum atomic E-state index is 12.3. The highest BCUT2D eigenvalue weighted by Gasteiger charge is 2.20. The van der Waals surface area contributed by atoms with Crippen molar-refractivity contribution in [3.8, 4) is 0 Å². The quantitative estimate of drug-likeness (QED) is 0.857. The Balaban J connectivity index is 1.51. The summed E-state index contributed by atoms with van der Waals surface area (Å²) in [5.41, 5.74) is 1.96. The molecule has 0 atom stereocenters. The lowest BCUT2D eigenvalue weighted by molar-refractivity contribution is 0.198. The fraction of sp³-hybridized carbons (Fsp3) is 0.211. The molecule has 0 bridgehead atoms. The Bertz CT molecular complexity index is 771. The molecule has 0 aromatic heterocycles. The molecule has 1 fully saturated rings. The lowest BCUT2D eigenvalue weighted by Gasteiger charge is -2.35. The molecule has 0 radical (unpaired) electrons. The molecule has 0 saturated carbocycles. The van der Waals surface area contributed by atoms with Gasteiger partial charge in [0.05, 0.1) is 0 Å². The van der Waals surface area contributed by atoms with E-state index in [2.05, 4.69) is 10.2 Å². The second-order valence-electron chi connectivity index (χ2n) is 5.76. The van der Waals surface area contributed by atoms with Crippen molar-refractivity contribution in [1.82, 2.24) is 10.2 Å². The average molecular weight is 376 g/mol. The molecule has 1 aliphatic rings. The first-order valence-corrected chi connectivity index (χ1v) is 8.86. The van der Waals surface area contributed by atoms with E-state index in [1.54, 1.807) is 17.2 Å². The van der Waals surface area contributed by atoms with Crippen molar-refractivity contribution in [3.63, 3.8) is 0 Å². The van der Waals surface area contributed by atoms with E-state index in [1.807, 2.05) is 48.5 Å². The minimum atomic E-state index is -0.103. The Morgan fingerprint density at radius 1 is 1.00 bits per heavy atom. The van der Waals surface area contributed by atoms with Gasteiger partial charge in [0.25, 0.3) is 0 Å². The highest BCUT2D eigenvalue weighted by molar-refractivity contribution is 6.32. The number of carbonyl (C=O) groups is 1. The molecule has 0 aliphatic carbocycles. The van der Waals surface area contributed by atoms with Gasteiger partial charge in [0.2, 0.25) is 0 Å². The third-order valence-corrected chi connectivity index (χ3v) is 4.69. The number of amides is 2. The molecular formula is C19H19Cl2N3O. The van der Waals surface area contributed by atoms with Crippen molar-refractivity contribution in [2.45, 2.75) is 0 Å². The van der Waals surface area contributed by atoms with Crippen molar-refractivity contribution >= 4 is 41.0 Å². The summed E-state index contributed by atoms with van der Waals surface area (Å²) in [5, 5.41) is 4.18. The predicted molar refractivity (Wildman–Crippen MR) is 104 cm³/mol. The van der Waals surface area contributed by atoms with Crippen LogP contribution in [0.5, 0.6) is 0 Å². The van der Waals surface area contributed by atoms with Gasteiger partial charge in [-0.25, -0.2) is 4.79 Å². The van der Waals surface area contributed by atoms with Gasteiger partial charge in [0.15, 0.2) is 0 Å². The molecule has 1 N–H and O–H groups in total. The van der Waals surface area contributed by atoms with Crippen LogP contribution in [0.1, 0.15) is 5.56 Å². The summed E-state index contributed by atoms with van der Waals surface area (Å²) in [6.45, 7) is 2.89. The van der Waals surface area contributed by atoms with Crippen LogP contribution in [0.25, 0.3) is 6.08 Å². The number of rotatable bonds is 3. The molecule has 2 amide bonds. The molecule has 1 heterocycles. The maximum Gasteiger partial charge on any atom is 0.321 e.